The van der Waals surface area contributed by atoms with Crippen molar-refractivity contribution >= 4 is 17.4 Å². The monoisotopic (exact) mass is 325 g/mol. The van der Waals surface area contributed by atoms with Crippen molar-refractivity contribution in [3.05, 3.63) is 16.8 Å². The van der Waals surface area contributed by atoms with Crippen molar-refractivity contribution in [3.8, 4) is 0 Å². The van der Waals surface area contributed by atoms with Crippen LogP contribution in [-0.4, -0.2) is 41.8 Å². The summed E-state index contributed by atoms with van der Waals surface area (Å²) in [5.74, 6) is -4.59. The van der Waals surface area contributed by atoms with E-state index in [2.05, 4.69) is 10.2 Å². The number of nitrogens with one attached hydrogen (secondary N) is 1. The number of ether oxygens (including phenoxy) is 1. The Morgan fingerprint density at radius 1 is 1.57 bits per heavy atom. The summed E-state index contributed by atoms with van der Waals surface area (Å²) in [6, 6.07) is 0.0864. The van der Waals surface area contributed by atoms with E-state index in [1.807, 2.05) is 5.32 Å². The molecule has 2 rings (SSSR count). The maximum absolute atomic E-state index is 14.1. The highest BCUT2D eigenvalue weighted by atomic mass is 35.5. The number of aromatic nitrogens is 2. The summed E-state index contributed by atoms with van der Waals surface area (Å²) in [4.78, 5) is 0. The summed E-state index contributed by atoms with van der Waals surface area (Å²) in [5, 5.41) is 8.96. The Hall–Kier alpha value is -1.09. The first kappa shape index (κ1) is 11.5. The fraction of sp³-hybridized carbons (Fsp3) is 0.667. The molecule has 1 aromatic rings. The van der Waals surface area contributed by atoms with Crippen LogP contribution in [0.4, 0.5) is 14.6 Å². The molecule has 1 heterocycles. The van der Waals surface area contributed by atoms with Crippen LogP contribution < -0.4 is 16.8 Å². The Balaban J connectivity index is 2.30. The second-order valence-corrected chi connectivity index (χ2v) is 4.95. The van der Waals surface area contributed by atoms with Crippen molar-refractivity contribution in [1.82, 2.24) is 15.5 Å². The number of anilines is 1. The fourth-order valence-electron chi connectivity index (χ4n) is 1.54. The van der Waals surface area contributed by atoms with Crippen LogP contribution in [0.5, 0.6) is 0 Å². The van der Waals surface area contributed by atoms with Gasteiger partial charge in [-0.05, 0) is 18.9 Å². The lowest BCUT2D eigenvalue weighted by Crippen LogP contribution is -2.41. The summed E-state index contributed by atoms with van der Waals surface area (Å²) < 4.78 is 62.9. The fourth-order valence-corrected chi connectivity index (χ4v) is 1.77. The van der Waals surface area contributed by atoms with Crippen molar-refractivity contribution in [3.63, 3.8) is 0 Å². The Kier molecular flexibility index (Phi) is 3.70. The van der Waals surface area contributed by atoms with E-state index < -0.39 is 25.0 Å². The lowest BCUT2D eigenvalue weighted by molar-refractivity contribution is 0.00398. The Morgan fingerprint density at radius 3 is 2.90 bits per heavy atom. The largest absolute Gasteiger partial charge is 0.382 e. The van der Waals surface area contributed by atoms with Gasteiger partial charge in [-0.2, -0.15) is 0 Å². The van der Waals surface area contributed by atoms with Gasteiger partial charge in [0.05, 0.1) is 31.7 Å². The normalized spacial score (nSPS) is 21.1. The number of nitrogens with zero attached hydrogens (tertiary/aromatic N) is 2. The average molecular weight is 326 g/mol. The summed E-state index contributed by atoms with van der Waals surface area (Å²) in [6.45, 7) is -7.30. The molecular weight excluding hydrogens is 304 g/mol. The SMILES string of the molecule is [2H]C([2H])(N)C(F)(F)C([2H])([2H])NC(COC1CC1)c1cc(N)nnc1Cl. The third-order valence-corrected chi connectivity index (χ3v) is 3.07. The first-order valence-electron chi connectivity index (χ1n) is 8.20. The van der Waals surface area contributed by atoms with Crippen molar-refractivity contribution in [2.24, 2.45) is 5.73 Å². The van der Waals surface area contributed by atoms with Gasteiger partial charge in [0.25, 0.3) is 5.92 Å². The highest BCUT2D eigenvalue weighted by molar-refractivity contribution is 6.30. The van der Waals surface area contributed by atoms with Crippen LogP contribution in [0.15, 0.2) is 6.07 Å². The second kappa shape index (κ2) is 6.78. The highest BCUT2D eigenvalue weighted by Crippen LogP contribution is 2.28. The summed E-state index contributed by atoms with van der Waals surface area (Å²) >= 11 is 5.92. The third-order valence-electron chi connectivity index (χ3n) is 2.78. The molecule has 1 saturated carbocycles. The molecule has 21 heavy (non-hydrogen) atoms. The van der Waals surface area contributed by atoms with Gasteiger partial charge in [-0.15, -0.1) is 10.2 Å². The zero-order valence-electron chi connectivity index (χ0n) is 14.9. The molecule has 1 unspecified atom stereocenters. The van der Waals surface area contributed by atoms with Crippen molar-refractivity contribution in [2.45, 2.75) is 30.9 Å². The number of hydrogen-bond acceptors (Lipinski definition) is 6. The van der Waals surface area contributed by atoms with Gasteiger partial charge in [0.15, 0.2) is 5.15 Å². The van der Waals surface area contributed by atoms with Gasteiger partial charge in [-0.25, -0.2) is 8.78 Å². The van der Waals surface area contributed by atoms with Crippen molar-refractivity contribution < 1.29 is 19.0 Å². The molecule has 5 N–H and O–H groups in total. The Morgan fingerprint density at radius 2 is 2.29 bits per heavy atom. The van der Waals surface area contributed by atoms with E-state index >= 15 is 0 Å². The van der Waals surface area contributed by atoms with Crippen LogP contribution in [0.1, 0.15) is 29.9 Å². The molecule has 1 atom stereocenters. The van der Waals surface area contributed by atoms with E-state index in [-0.39, 0.29) is 29.2 Å². The van der Waals surface area contributed by atoms with Crippen LogP contribution in [0.25, 0.3) is 0 Å². The van der Waals surface area contributed by atoms with Gasteiger partial charge >= 0.3 is 0 Å². The van der Waals surface area contributed by atoms with Crippen molar-refractivity contribution in [2.75, 3.05) is 25.3 Å². The van der Waals surface area contributed by atoms with Crippen LogP contribution >= 0.6 is 11.6 Å². The van der Waals surface area contributed by atoms with E-state index in [9.17, 15) is 8.78 Å². The van der Waals surface area contributed by atoms with E-state index in [0.29, 0.717) is 0 Å². The zero-order valence-corrected chi connectivity index (χ0v) is 11.7. The lowest BCUT2D eigenvalue weighted by Gasteiger charge is -2.23. The molecule has 0 saturated heterocycles. The molecule has 1 fully saturated rings. The molecule has 0 radical (unpaired) electrons. The first-order chi connectivity index (χ1) is 11.3. The van der Waals surface area contributed by atoms with E-state index in [0.717, 1.165) is 12.8 Å². The van der Waals surface area contributed by atoms with Gasteiger partial charge in [-0.3, -0.25) is 0 Å². The average Bonchev–Trinajstić information content (AvgIpc) is 3.29. The second-order valence-electron chi connectivity index (χ2n) is 4.59. The Labute approximate surface area is 131 Å². The topological polar surface area (TPSA) is 99.1 Å². The summed E-state index contributed by atoms with van der Waals surface area (Å²) in [5.41, 5.74) is 10.4. The van der Waals surface area contributed by atoms with E-state index in [4.69, 9.17) is 33.3 Å². The maximum atomic E-state index is 14.1. The van der Waals surface area contributed by atoms with Gasteiger partial charge in [0.1, 0.15) is 5.82 Å². The zero-order chi connectivity index (χ0) is 19.0. The number of halogens is 3. The maximum Gasteiger partial charge on any atom is 0.272 e. The summed E-state index contributed by atoms with van der Waals surface area (Å²) in [6.07, 6.45) is 1.58. The van der Waals surface area contributed by atoms with Crippen LogP contribution in [0.3, 0.4) is 0 Å². The van der Waals surface area contributed by atoms with E-state index in [1.165, 1.54) is 6.07 Å². The number of nitrogens with two attached hydrogens (primary N) is 2. The van der Waals surface area contributed by atoms with Crippen LogP contribution in [0, 0.1) is 0 Å². The molecule has 0 bridgehead atoms. The molecule has 118 valence electrons. The predicted octanol–water partition coefficient (Wildman–Crippen LogP) is 1.12. The number of rotatable bonds is 8. The Bertz CT molecular complexity index is 630. The van der Waals surface area contributed by atoms with Crippen molar-refractivity contribution in [1.29, 1.82) is 0 Å². The van der Waals surface area contributed by atoms with Gasteiger partial charge in [-0.1, -0.05) is 11.6 Å². The molecular formula is C12H18ClF2N5O. The predicted molar refractivity (Wildman–Crippen MR) is 75.2 cm³/mol. The number of hydrogen-bond donors (Lipinski definition) is 3. The number of alkyl halides is 2. The third kappa shape index (κ3) is 4.99. The van der Waals surface area contributed by atoms with E-state index in [1.54, 1.807) is 0 Å². The standard InChI is InChI=1S/C12H18ClF2N5O/c13-11-8(3-10(17)19-20-11)9(4-21-7-1-2-7)18-6-12(14,15)5-16/h3,7,9,18H,1-2,4-6,16H2,(H2,17,19)/i5D2,6D2. The summed E-state index contributed by atoms with van der Waals surface area (Å²) in [7, 11) is 0. The quantitative estimate of drug-likeness (QED) is 0.662. The number of nitrogen functional groups attached to an aromatic ring is 1. The molecule has 0 spiro atoms. The molecule has 0 aliphatic heterocycles. The van der Waals surface area contributed by atoms with Gasteiger partial charge in [0.2, 0.25) is 0 Å². The van der Waals surface area contributed by atoms with Gasteiger partial charge in [0, 0.05) is 11.0 Å². The van der Waals surface area contributed by atoms with Crippen LogP contribution in [0.2, 0.25) is 5.15 Å². The highest BCUT2D eigenvalue weighted by Gasteiger charge is 2.30. The molecule has 1 aliphatic carbocycles. The molecule has 1 aromatic heterocycles. The molecule has 6 nitrogen and oxygen atoms in total. The van der Waals surface area contributed by atoms with Crippen LogP contribution in [-0.2, 0) is 4.74 Å². The molecule has 9 heteroatoms. The molecule has 0 aromatic carbocycles. The van der Waals surface area contributed by atoms with Gasteiger partial charge < -0.3 is 21.5 Å². The minimum Gasteiger partial charge on any atom is -0.382 e. The minimum atomic E-state index is -4.55. The first-order valence-corrected chi connectivity index (χ1v) is 6.57. The minimum absolute atomic E-state index is 0.0393. The smallest absolute Gasteiger partial charge is 0.272 e. The molecule has 1 aliphatic rings. The lowest BCUT2D eigenvalue weighted by atomic mass is 10.1. The molecule has 0 amide bonds.